The summed E-state index contributed by atoms with van der Waals surface area (Å²) in [4.78, 5) is 10.2. The molecule has 23 heavy (non-hydrogen) atoms. The van der Waals surface area contributed by atoms with Crippen LogP contribution in [0, 0.1) is 27.9 Å². The van der Waals surface area contributed by atoms with Gasteiger partial charge < -0.3 is 0 Å². The van der Waals surface area contributed by atoms with Gasteiger partial charge in [0.1, 0.15) is 0 Å². The first-order valence-electron chi connectivity index (χ1n) is 8.26. The van der Waals surface area contributed by atoms with E-state index in [1.165, 1.54) is 18.6 Å². The van der Waals surface area contributed by atoms with Gasteiger partial charge in [-0.3, -0.25) is 10.1 Å². The van der Waals surface area contributed by atoms with E-state index in [0.717, 1.165) is 18.4 Å². The fourth-order valence-corrected chi connectivity index (χ4v) is 5.15. The lowest BCUT2D eigenvalue weighted by Crippen LogP contribution is -2.40. The summed E-state index contributed by atoms with van der Waals surface area (Å²) in [5, 5.41) is 10.8. The first-order valence-corrected chi connectivity index (χ1v) is 9.47. The highest BCUT2D eigenvalue weighted by Gasteiger charge is 2.34. The summed E-state index contributed by atoms with van der Waals surface area (Å²) in [5.74, 6) is 1.66. The first-order chi connectivity index (χ1) is 10.9. The third-order valence-electron chi connectivity index (χ3n) is 4.80. The molecule has 0 unspecified atom stereocenters. The van der Waals surface area contributed by atoms with Crippen molar-refractivity contribution < 1.29 is 9.13 Å². The van der Waals surface area contributed by atoms with Gasteiger partial charge in [-0.15, -0.1) is 0 Å². The minimum absolute atomic E-state index is 0.0795. The summed E-state index contributed by atoms with van der Waals surface area (Å²) >= 11 is 0. The average Bonchev–Trinajstić information content (AvgIpc) is 2.52. The van der Waals surface area contributed by atoms with Gasteiger partial charge in [-0.1, -0.05) is 39.3 Å². The zero-order valence-corrected chi connectivity index (χ0v) is 14.8. The molecule has 0 aromatic heterocycles. The molecule has 0 amide bonds. The summed E-state index contributed by atoms with van der Waals surface area (Å²) in [5.41, 5.74) is 0.991. The van der Waals surface area contributed by atoms with E-state index in [9.17, 15) is 14.3 Å². The fourth-order valence-electron chi connectivity index (χ4n) is 3.36. The minimum atomic E-state index is -1.08. The Labute approximate surface area is 140 Å². The second-order valence-corrected chi connectivity index (χ2v) is 8.40. The third-order valence-corrected chi connectivity index (χ3v) is 6.32. The highest BCUT2D eigenvalue weighted by Crippen LogP contribution is 2.36. The molecule has 0 radical (unpaired) electrons. The number of nitro benzene ring substituents is 1. The van der Waals surface area contributed by atoms with Crippen molar-refractivity contribution in [2.75, 3.05) is 0 Å². The Balaban J connectivity index is 1.95. The van der Waals surface area contributed by atoms with Gasteiger partial charge in [0, 0.05) is 18.7 Å². The highest BCUT2D eigenvalue weighted by molar-refractivity contribution is 7.83. The predicted octanol–water partition coefficient (Wildman–Crippen LogP) is 3.81. The van der Waals surface area contributed by atoms with Crippen LogP contribution in [0.4, 0.5) is 5.69 Å². The normalized spacial score (nSPS) is 26.2. The van der Waals surface area contributed by atoms with Gasteiger partial charge in [-0.05, 0) is 36.2 Å². The summed E-state index contributed by atoms with van der Waals surface area (Å²) in [7, 11) is -1.08. The van der Waals surface area contributed by atoms with E-state index in [0.29, 0.717) is 24.3 Å². The Morgan fingerprint density at radius 2 is 1.96 bits per heavy atom. The molecule has 1 aliphatic carbocycles. The van der Waals surface area contributed by atoms with Crippen LogP contribution in [0.25, 0.3) is 0 Å². The molecule has 5 nitrogen and oxygen atoms in total. The SMILES string of the molecule is CC(C)[C@@H]1CC[C@@H](C)C[C@@H]1[S@](=O)NCc1ccc([N+](=O)[O-])cc1. The predicted molar refractivity (Wildman–Crippen MR) is 93.2 cm³/mol. The standard InChI is InChI=1S/C17H26N2O3S/c1-12(2)16-9-4-13(3)10-17(16)23(22)18-11-14-5-7-15(8-6-14)19(20)21/h5-8,12-13,16-18H,4,9-11H2,1-3H3/t13-,16+,17+,23+/m1/s1. The topological polar surface area (TPSA) is 72.2 Å². The van der Waals surface area contributed by atoms with E-state index < -0.39 is 15.9 Å². The van der Waals surface area contributed by atoms with E-state index in [-0.39, 0.29) is 10.9 Å². The molecule has 0 aliphatic heterocycles. The van der Waals surface area contributed by atoms with Crippen molar-refractivity contribution in [2.24, 2.45) is 17.8 Å². The number of non-ortho nitro benzene ring substituents is 1. The number of hydrogen-bond donors (Lipinski definition) is 1. The van der Waals surface area contributed by atoms with Gasteiger partial charge >= 0.3 is 0 Å². The van der Waals surface area contributed by atoms with Crippen LogP contribution in [0.1, 0.15) is 45.6 Å². The van der Waals surface area contributed by atoms with Crippen molar-refractivity contribution >= 4 is 16.7 Å². The Kier molecular flexibility index (Phi) is 6.30. The van der Waals surface area contributed by atoms with E-state index in [1.54, 1.807) is 12.1 Å². The van der Waals surface area contributed by atoms with Gasteiger partial charge in [-0.2, -0.15) is 0 Å². The Morgan fingerprint density at radius 3 is 2.52 bits per heavy atom. The monoisotopic (exact) mass is 338 g/mol. The molecule has 1 saturated carbocycles. The molecule has 6 heteroatoms. The summed E-state index contributed by atoms with van der Waals surface area (Å²) in [6, 6.07) is 6.40. The average molecular weight is 338 g/mol. The maximum atomic E-state index is 12.7. The molecule has 2 rings (SSSR count). The number of nitrogens with one attached hydrogen (secondary N) is 1. The lowest BCUT2D eigenvalue weighted by molar-refractivity contribution is -0.384. The lowest BCUT2D eigenvalue weighted by atomic mass is 9.77. The van der Waals surface area contributed by atoms with Crippen molar-refractivity contribution in [1.82, 2.24) is 4.72 Å². The number of benzene rings is 1. The van der Waals surface area contributed by atoms with Crippen molar-refractivity contribution in [3.8, 4) is 0 Å². The molecule has 1 N–H and O–H groups in total. The number of nitro groups is 1. The van der Waals surface area contributed by atoms with Crippen LogP contribution in [0.5, 0.6) is 0 Å². The van der Waals surface area contributed by atoms with Crippen LogP contribution in [0.2, 0.25) is 0 Å². The van der Waals surface area contributed by atoms with Gasteiger partial charge in [0.2, 0.25) is 0 Å². The summed E-state index contributed by atoms with van der Waals surface area (Å²) in [6.45, 7) is 7.12. The number of rotatable bonds is 6. The molecule has 1 aromatic rings. The van der Waals surface area contributed by atoms with E-state index in [1.807, 2.05) is 0 Å². The Morgan fingerprint density at radius 1 is 1.30 bits per heavy atom. The number of hydrogen-bond acceptors (Lipinski definition) is 3. The van der Waals surface area contributed by atoms with Crippen molar-refractivity contribution in [2.45, 2.75) is 51.8 Å². The zero-order chi connectivity index (χ0) is 17.0. The largest absolute Gasteiger partial charge is 0.269 e. The summed E-state index contributed by atoms with van der Waals surface area (Å²) in [6.07, 6.45) is 3.37. The van der Waals surface area contributed by atoms with E-state index in [4.69, 9.17) is 0 Å². The Bertz CT molecular complexity index is 559. The summed E-state index contributed by atoms with van der Waals surface area (Å²) < 4.78 is 15.8. The second kappa shape index (κ2) is 8.02. The lowest BCUT2D eigenvalue weighted by Gasteiger charge is -2.36. The van der Waals surface area contributed by atoms with Gasteiger partial charge in [0.25, 0.3) is 5.69 Å². The van der Waals surface area contributed by atoms with Gasteiger partial charge in [-0.25, -0.2) is 8.93 Å². The van der Waals surface area contributed by atoms with Crippen molar-refractivity contribution in [3.63, 3.8) is 0 Å². The molecule has 0 heterocycles. The molecule has 4 atom stereocenters. The van der Waals surface area contributed by atoms with Crippen molar-refractivity contribution in [3.05, 3.63) is 39.9 Å². The van der Waals surface area contributed by atoms with Crippen molar-refractivity contribution in [1.29, 1.82) is 0 Å². The minimum Gasteiger partial charge on any atom is -0.258 e. The third kappa shape index (κ3) is 4.85. The van der Waals surface area contributed by atoms with E-state index in [2.05, 4.69) is 25.5 Å². The van der Waals surface area contributed by atoms with E-state index >= 15 is 0 Å². The maximum absolute atomic E-state index is 12.7. The maximum Gasteiger partial charge on any atom is 0.269 e. The fraction of sp³-hybridized carbons (Fsp3) is 0.647. The number of nitrogens with zero attached hydrogens (tertiary/aromatic N) is 1. The second-order valence-electron chi connectivity index (χ2n) is 6.91. The molecule has 0 saturated heterocycles. The molecule has 1 aromatic carbocycles. The van der Waals surface area contributed by atoms with Crippen LogP contribution in [-0.2, 0) is 17.5 Å². The molecule has 0 spiro atoms. The van der Waals surface area contributed by atoms with Crippen LogP contribution in [0.3, 0.4) is 0 Å². The molecular weight excluding hydrogens is 312 g/mol. The molecule has 0 bridgehead atoms. The first kappa shape index (κ1) is 18.1. The highest BCUT2D eigenvalue weighted by atomic mass is 32.2. The van der Waals surface area contributed by atoms with Crippen LogP contribution in [-0.4, -0.2) is 14.4 Å². The molecule has 1 aliphatic rings. The zero-order valence-electron chi connectivity index (χ0n) is 14.0. The van der Waals surface area contributed by atoms with Crippen LogP contribution < -0.4 is 4.72 Å². The Hall–Kier alpha value is -1.27. The van der Waals surface area contributed by atoms with Crippen LogP contribution in [0.15, 0.2) is 24.3 Å². The molecule has 128 valence electrons. The van der Waals surface area contributed by atoms with Crippen LogP contribution >= 0.6 is 0 Å². The molecule has 1 fully saturated rings. The van der Waals surface area contributed by atoms with Gasteiger partial charge in [0.05, 0.1) is 21.2 Å². The quantitative estimate of drug-likeness (QED) is 0.633. The molecular formula is C17H26N2O3S. The smallest absolute Gasteiger partial charge is 0.258 e. The van der Waals surface area contributed by atoms with Gasteiger partial charge in [0.15, 0.2) is 0 Å².